The Balaban J connectivity index is 1.98. The van der Waals surface area contributed by atoms with Crippen LogP contribution >= 0.6 is 0 Å². The van der Waals surface area contributed by atoms with Crippen LogP contribution in [0.1, 0.15) is 28.4 Å². The van der Waals surface area contributed by atoms with Crippen molar-refractivity contribution in [2.24, 2.45) is 0 Å². The lowest BCUT2D eigenvalue weighted by atomic mass is 10.1. The molecule has 1 aromatic heterocycles. The van der Waals surface area contributed by atoms with Crippen LogP contribution in [-0.4, -0.2) is 17.1 Å². The molecule has 0 N–H and O–H groups in total. The first-order valence-corrected chi connectivity index (χ1v) is 7.49. The number of benzene rings is 2. The highest BCUT2D eigenvalue weighted by Gasteiger charge is 2.11. The number of ether oxygens (including phenoxy) is 1. The van der Waals surface area contributed by atoms with E-state index < -0.39 is 0 Å². The lowest BCUT2D eigenvalue weighted by Crippen LogP contribution is -2.04. The van der Waals surface area contributed by atoms with Gasteiger partial charge in [-0.25, -0.2) is 4.79 Å². The van der Waals surface area contributed by atoms with Crippen molar-refractivity contribution < 1.29 is 9.53 Å². The van der Waals surface area contributed by atoms with E-state index in [2.05, 4.69) is 29.8 Å². The van der Waals surface area contributed by atoms with Gasteiger partial charge in [0, 0.05) is 23.6 Å². The molecule has 1 heterocycles. The third-order valence-electron chi connectivity index (χ3n) is 3.79. The molecule has 3 heteroatoms. The Kier molecular flexibility index (Phi) is 3.96. The zero-order valence-corrected chi connectivity index (χ0v) is 12.9. The summed E-state index contributed by atoms with van der Waals surface area (Å²) in [5, 5.41) is 1.10. The third kappa shape index (κ3) is 2.75. The standard InChI is InChI=1S/C19H19NO2/c1-3-22-19(21)16-9-10-18-17(11-16)14(2)12-20(18)13-15-7-5-4-6-8-15/h4-12H,3,13H2,1-2H3. The highest BCUT2D eigenvalue weighted by atomic mass is 16.5. The molecule has 0 fully saturated rings. The quantitative estimate of drug-likeness (QED) is 0.676. The van der Waals surface area contributed by atoms with Gasteiger partial charge in [0.2, 0.25) is 0 Å². The van der Waals surface area contributed by atoms with Crippen molar-refractivity contribution in [1.29, 1.82) is 0 Å². The molecule has 0 unspecified atom stereocenters. The van der Waals surface area contributed by atoms with Gasteiger partial charge in [0.05, 0.1) is 12.2 Å². The first-order valence-electron chi connectivity index (χ1n) is 7.49. The third-order valence-corrected chi connectivity index (χ3v) is 3.79. The van der Waals surface area contributed by atoms with Crippen LogP contribution in [0.15, 0.2) is 54.7 Å². The van der Waals surface area contributed by atoms with E-state index >= 15 is 0 Å². The molecule has 3 rings (SSSR count). The number of fused-ring (bicyclic) bond motifs is 1. The second-order valence-corrected chi connectivity index (χ2v) is 5.38. The normalized spacial score (nSPS) is 10.8. The van der Waals surface area contributed by atoms with Crippen LogP contribution in [0.5, 0.6) is 0 Å². The predicted octanol–water partition coefficient (Wildman–Crippen LogP) is 4.17. The van der Waals surface area contributed by atoms with Gasteiger partial charge in [-0.2, -0.15) is 0 Å². The maximum atomic E-state index is 11.9. The lowest BCUT2D eigenvalue weighted by molar-refractivity contribution is 0.0526. The van der Waals surface area contributed by atoms with Gasteiger partial charge in [0.1, 0.15) is 0 Å². The van der Waals surface area contributed by atoms with Crippen LogP contribution < -0.4 is 0 Å². The molecule has 2 aromatic carbocycles. The zero-order valence-electron chi connectivity index (χ0n) is 12.9. The topological polar surface area (TPSA) is 31.2 Å². The number of hydrogen-bond acceptors (Lipinski definition) is 2. The van der Waals surface area contributed by atoms with Gasteiger partial charge < -0.3 is 9.30 Å². The molecule has 0 aliphatic rings. The van der Waals surface area contributed by atoms with Crippen LogP contribution in [0.3, 0.4) is 0 Å². The molecular formula is C19H19NO2. The van der Waals surface area contributed by atoms with Crippen molar-refractivity contribution in [2.75, 3.05) is 6.61 Å². The van der Waals surface area contributed by atoms with Gasteiger partial charge in [0.25, 0.3) is 0 Å². The molecule has 0 saturated carbocycles. The molecule has 0 atom stereocenters. The van der Waals surface area contributed by atoms with E-state index in [1.165, 1.54) is 5.56 Å². The summed E-state index contributed by atoms with van der Waals surface area (Å²) in [5.41, 5.74) is 4.16. The van der Waals surface area contributed by atoms with Crippen LogP contribution in [0.25, 0.3) is 10.9 Å². The molecule has 0 aliphatic heterocycles. The summed E-state index contributed by atoms with van der Waals surface area (Å²) in [6, 6.07) is 16.1. The molecule has 0 aliphatic carbocycles. The molecular weight excluding hydrogens is 274 g/mol. The van der Waals surface area contributed by atoms with E-state index in [1.54, 1.807) is 0 Å². The highest BCUT2D eigenvalue weighted by Crippen LogP contribution is 2.23. The Hall–Kier alpha value is -2.55. The first-order chi connectivity index (χ1) is 10.7. The van der Waals surface area contributed by atoms with Gasteiger partial charge in [-0.05, 0) is 43.2 Å². The van der Waals surface area contributed by atoms with Crippen molar-refractivity contribution in [1.82, 2.24) is 4.57 Å². The average Bonchev–Trinajstić information content (AvgIpc) is 2.84. The van der Waals surface area contributed by atoms with Crippen LogP contribution in [-0.2, 0) is 11.3 Å². The Morgan fingerprint density at radius 3 is 2.64 bits per heavy atom. The lowest BCUT2D eigenvalue weighted by Gasteiger charge is -2.06. The smallest absolute Gasteiger partial charge is 0.338 e. The van der Waals surface area contributed by atoms with Crippen molar-refractivity contribution in [3.63, 3.8) is 0 Å². The van der Waals surface area contributed by atoms with Crippen molar-refractivity contribution in [3.05, 3.63) is 71.4 Å². The number of carbonyl (C=O) groups is 1. The number of rotatable bonds is 4. The van der Waals surface area contributed by atoms with Gasteiger partial charge in [0.15, 0.2) is 0 Å². The van der Waals surface area contributed by atoms with Crippen molar-refractivity contribution in [3.8, 4) is 0 Å². The Morgan fingerprint density at radius 1 is 1.14 bits per heavy atom. The number of carbonyl (C=O) groups excluding carboxylic acids is 1. The zero-order chi connectivity index (χ0) is 15.5. The van der Waals surface area contributed by atoms with E-state index in [0.717, 1.165) is 23.0 Å². The second kappa shape index (κ2) is 6.06. The summed E-state index contributed by atoms with van der Waals surface area (Å²) in [4.78, 5) is 11.9. The molecule has 0 amide bonds. The van der Waals surface area contributed by atoms with E-state index in [0.29, 0.717) is 12.2 Å². The minimum atomic E-state index is -0.264. The minimum absolute atomic E-state index is 0.264. The SMILES string of the molecule is CCOC(=O)c1ccc2c(c1)c(C)cn2Cc1ccccc1. The van der Waals surface area contributed by atoms with Gasteiger partial charge >= 0.3 is 5.97 Å². The molecule has 0 spiro atoms. The molecule has 0 saturated heterocycles. The fraction of sp³-hybridized carbons (Fsp3) is 0.211. The highest BCUT2D eigenvalue weighted by molar-refractivity contribution is 5.95. The summed E-state index contributed by atoms with van der Waals surface area (Å²) in [5.74, 6) is -0.264. The molecule has 112 valence electrons. The summed E-state index contributed by atoms with van der Waals surface area (Å²) < 4.78 is 7.29. The van der Waals surface area contributed by atoms with Crippen molar-refractivity contribution in [2.45, 2.75) is 20.4 Å². The number of aryl methyl sites for hydroxylation is 1. The summed E-state index contributed by atoms with van der Waals surface area (Å²) in [7, 11) is 0. The number of nitrogens with zero attached hydrogens (tertiary/aromatic N) is 1. The monoisotopic (exact) mass is 293 g/mol. The van der Waals surface area contributed by atoms with Gasteiger partial charge in [-0.3, -0.25) is 0 Å². The van der Waals surface area contributed by atoms with Gasteiger partial charge in [-0.1, -0.05) is 30.3 Å². The molecule has 0 bridgehead atoms. The molecule has 3 aromatic rings. The van der Waals surface area contributed by atoms with E-state index in [4.69, 9.17) is 4.74 Å². The van der Waals surface area contributed by atoms with Crippen molar-refractivity contribution >= 4 is 16.9 Å². The van der Waals surface area contributed by atoms with Crippen LogP contribution in [0.2, 0.25) is 0 Å². The van der Waals surface area contributed by atoms with E-state index in [9.17, 15) is 4.79 Å². The van der Waals surface area contributed by atoms with Crippen LogP contribution in [0, 0.1) is 6.92 Å². The Bertz CT molecular complexity index is 803. The first kappa shape index (κ1) is 14.4. The Labute approximate surface area is 130 Å². The number of hydrogen-bond donors (Lipinski definition) is 0. The van der Waals surface area contributed by atoms with Gasteiger partial charge in [-0.15, -0.1) is 0 Å². The summed E-state index contributed by atoms with van der Waals surface area (Å²) in [6.45, 7) is 5.10. The summed E-state index contributed by atoms with van der Waals surface area (Å²) >= 11 is 0. The fourth-order valence-corrected chi connectivity index (χ4v) is 2.73. The Morgan fingerprint density at radius 2 is 1.91 bits per heavy atom. The largest absolute Gasteiger partial charge is 0.462 e. The predicted molar refractivity (Wildman–Crippen MR) is 88.2 cm³/mol. The van der Waals surface area contributed by atoms with E-state index in [1.807, 2.05) is 43.3 Å². The molecule has 22 heavy (non-hydrogen) atoms. The summed E-state index contributed by atoms with van der Waals surface area (Å²) in [6.07, 6.45) is 2.13. The second-order valence-electron chi connectivity index (χ2n) is 5.38. The fourth-order valence-electron chi connectivity index (χ4n) is 2.73. The van der Waals surface area contributed by atoms with Crippen LogP contribution in [0.4, 0.5) is 0 Å². The maximum Gasteiger partial charge on any atom is 0.338 e. The number of aromatic nitrogens is 1. The molecule has 3 nitrogen and oxygen atoms in total. The minimum Gasteiger partial charge on any atom is -0.462 e. The maximum absolute atomic E-state index is 11.9. The number of esters is 1. The average molecular weight is 293 g/mol. The molecule has 0 radical (unpaired) electrons. The van der Waals surface area contributed by atoms with E-state index in [-0.39, 0.29) is 5.97 Å².